The summed E-state index contributed by atoms with van der Waals surface area (Å²) in [7, 11) is 0. The molecular formula is C21H27N7O2S. The maximum absolute atomic E-state index is 12.5. The Balaban J connectivity index is 1.41. The second kappa shape index (κ2) is 10.1. The second-order valence-corrected chi connectivity index (χ2v) is 8.87. The van der Waals surface area contributed by atoms with Crippen LogP contribution in [0.15, 0.2) is 11.4 Å². The van der Waals surface area contributed by atoms with E-state index in [1.165, 1.54) is 11.3 Å². The van der Waals surface area contributed by atoms with E-state index >= 15 is 0 Å². The maximum atomic E-state index is 12.5. The number of nitriles is 1. The summed E-state index contributed by atoms with van der Waals surface area (Å²) in [6, 6.07) is 4.25. The number of carbonyl (C=O) groups is 1. The molecule has 2 aliphatic heterocycles. The van der Waals surface area contributed by atoms with Crippen molar-refractivity contribution in [1.82, 2.24) is 25.2 Å². The Labute approximate surface area is 185 Å². The number of rotatable bonds is 6. The first-order chi connectivity index (χ1) is 15.1. The third-order valence-corrected chi connectivity index (χ3v) is 6.32. The molecule has 10 heteroatoms. The third-order valence-electron chi connectivity index (χ3n) is 5.56. The first-order valence-electron chi connectivity index (χ1n) is 10.7. The molecule has 1 amide bonds. The van der Waals surface area contributed by atoms with Crippen molar-refractivity contribution in [3.8, 4) is 6.07 Å². The Morgan fingerprint density at radius 3 is 2.97 bits per heavy atom. The molecule has 1 unspecified atom stereocenters. The molecular weight excluding hydrogens is 414 g/mol. The van der Waals surface area contributed by atoms with Crippen LogP contribution in [0.2, 0.25) is 0 Å². The number of nitrogens with zero attached hydrogens (tertiary/aromatic N) is 5. The zero-order chi connectivity index (χ0) is 21.6. The molecule has 31 heavy (non-hydrogen) atoms. The van der Waals surface area contributed by atoms with E-state index in [-0.39, 0.29) is 17.9 Å². The number of carbonyl (C=O) groups excluding carboxylic acids is 1. The van der Waals surface area contributed by atoms with Crippen LogP contribution in [-0.4, -0.2) is 64.6 Å². The fourth-order valence-corrected chi connectivity index (χ4v) is 4.69. The Hall–Kier alpha value is -2.61. The van der Waals surface area contributed by atoms with Gasteiger partial charge in [-0.15, -0.1) is 11.3 Å². The van der Waals surface area contributed by atoms with E-state index in [0.717, 1.165) is 50.3 Å². The summed E-state index contributed by atoms with van der Waals surface area (Å²) in [6.45, 7) is 5.48. The number of ether oxygens (including phenoxy) is 1. The molecule has 0 bridgehead atoms. The predicted octanol–water partition coefficient (Wildman–Crippen LogP) is 2.60. The van der Waals surface area contributed by atoms with Gasteiger partial charge in [-0.05, 0) is 39.2 Å². The predicted molar refractivity (Wildman–Crippen MR) is 118 cm³/mol. The van der Waals surface area contributed by atoms with Crippen LogP contribution in [0.4, 0.5) is 10.9 Å². The molecule has 0 radical (unpaired) electrons. The Morgan fingerprint density at radius 1 is 1.32 bits per heavy atom. The minimum atomic E-state index is -0.157. The van der Waals surface area contributed by atoms with Crippen LogP contribution >= 0.6 is 11.3 Å². The van der Waals surface area contributed by atoms with E-state index in [4.69, 9.17) is 15.0 Å². The van der Waals surface area contributed by atoms with E-state index < -0.39 is 0 Å². The zero-order valence-electron chi connectivity index (χ0n) is 17.6. The lowest BCUT2D eigenvalue weighted by Crippen LogP contribution is -2.39. The minimum Gasteiger partial charge on any atom is -0.381 e. The van der Waals surface area contributed by atoms with E-state index in [1.54, 1.807) is 5.38 Å². The third kappa shape index (κ3) is 5.76. The lowest BCUT2D eigenvalue weighted by atomic mass is 9.97. The summed E-state index contributed by atoms with van der Waals surface area (Å²) in [5.41, 5.74) is 1.28. The number of hydrogen-bond donors (Lipinski definition) is 2. The lowest BCUT2D eigenvalue weighted by molar-refractivity contribution is 0.0694. The van der Waals surface area contributed by atoms with Gasteiger partial charge in [0.2, 0.25) is 0 Å². The maximum Gasteiger partial charge on any atom is 0.271 e. The fourth-order valence-electron chi connectivity index (χ4n) is 3.99. The van der Waals surface area contributed by atoms with Gasteiger partial charge in [-0.2, -0.15) is 5.26 Å². The molecule has 2 aromatic heterocycles. The number of nitrogens with one attached hydrogen (secondary N) is 2. The van der Waals surface area contributed by atoms with Crippen LogP contribution in [-0.2, 0) is 4.74 Å². The van der Waals surface area contributed by atoms with E-state index in [1.807, 2.05) is 13.0 Å². The first kappa shape index (κ1) is 21.6. The number of thiazole rings is 1. The highest BCUT2D eigenvalue weighted by Gasteiger charge is 2.24. The molecule has 4 heterocycles. The van der Waals surface area contributed by atoms with Crippen molar-refractivity contribution in [3.63, 3.8) is 0 Å². The number of piperidine rings is 1. The van der Waals surface area contributed by atoms with Gasteiger partial charge >= 0.3 is 0 Å². The van der Waals surface area contributed by atoms with Crippen molar-refractivity contribution in [1.29, 1.82) is 5.26 Å². The van der Waals surface area contributed by atoms with E-state index in [0.29, 0.717) is 36.4 Å². The molecule has 2 N–H and O–H groups in total. The van der Waals surface area contributed by atoms with Crippen molar-refractivity contribution >= 4 is 28.2 Å². The van der Waals surface area contributed by atoms with Crippen LogP contribution in [0.1, 0.15) is 53.6 Å². The highest BCUT2D eigenvalue weighted by atomic mass is 32.1. The molecule has 9 nitrogen and oxygen atoms in total. The van der Waals surface area contributed by atoms with Crippen molar-refractivity contribution < 1.29 is 9.53 Å². The highest BCUT2D eigenvalue weighted by Crippen LogP contribution is 2.27. The van der Waals surface area contributed by atoms with Crippen LogP contribution in [0.25, 0.3) is 0 Å². The van der Waals surface area contributed by atoms with Gasteiger partial charge in [0.1, 0.15) is 17.3 Å². The Bertz CT molecular complexity index is 951. The van der Waals surface area contributed by atoms with E-state index in [2.05, 4.69) is 31.6 Å². The molecule has 164 valence electrons. The summed E-state index contributed by atoms with van der Waals surface area (Å²) < 4.78 is 5.33. The van der Waals surface area contributed by atoms with Crippen LogP contribution in [0.5, 0.6) is 0 Å². The summed E-state index contributed by atoms with van der Waals surface area (Å²) in [5.74, 6) is 1.51. The monoisotopic (exact) mass is 441 g/mol. The normalized spacial score (nSPS) is 20.2. The summed E-state index contributed by atoms with van der Waals surface area (Å²) in [5, 5.41) is 17.6. The Morgan fingerprint density at radius 2 is 2.16 bits per heavy atom. The van der Waals surface area contributed by atoms with Gasteiger partial charge in [0.25, 0.3) is 5.91 Å². The molecule has 1 atom stereocenters. The highest BCUT2D eigenvalue weighted by molar-refractivity contribution is 7.14. The average molecular weight is 442 g/mol. The van der Waals surface area contributed by atoms with Crippen LogP contribution in [0, 0.1) is 18.3 Å². The van der Waals surface area contributed by atoms with Gasteiger partial charge in [0, 0.05) is 48.9 Å². The van der Waals surface area contributed by atoms with Gasteiger partial charge in [0.05, 0.1) is 12.6 Å². The van der Waals surface area contributed by atoms with Gasteiger partial charge in [-0.1, -0.05) is 0 Å². The number of likely N-dealkylation sites (tertiary alicyclic amines) is 1. The number of amides is 1. The number of aromatic nitrogens is 3. The topological polar surface area (TPSA) is 116 Å². The smallest absolute Gasteiger partial charge is 0.271 e. The molecule has 2 aliphatic rings. The average Bonchev–Trinajstić information content (AvgIpc) is 3.23. The van der Waals surface area contributed by atoms with Crippen molar-refractivity contribution in [2.75, 3.05) is 38.2 Å². The molecule has 0 saturated carbocycles. The first-order valence-corrected chi connectivity index (χ1v) is 11.5. The van der Waals surface area contributed by atoms with Crippen LogP contribution in [0.3, 0.4) is 0 Å². The SMILES string of the molecule is Cc1cc(Nc2nc(C(=O)NC3CCOCC3)cs2)nc(C2CCCN(CC#N)C2)n1. The van der Waals surface area contributed by atoms with Gasteiger partial charge < -0.3 is 15.4 Å². The van der Waals surface area contributed by atoms with Gasteiger partial charge in [0.15, 0.2) is 5.13 Å². The van der Waals surface area contributed by atoms with Gasteiger partial charge in [-0.3, -0.25) is 9.69 Å². The molecule has 0 spiro atoms. The number of anilines is 2. The quantitative estimate of drug-likeness (QED) is 0.657. The number of aryl methyl sites for hydroxylation is 1. The summed E-state index contributed by atoms with van der Waals surface area (Å²) in [6.07, 6.45) is 3.71. The van der Waals surface area contributed by atoms with Gasteiger partial charge in [-0.25, -0.2) is 15.0 Å². The van der Waals surface area contributed by atoms with Crippen LogP contribution < -0.4 is 10.6 Å². The molecule has 4 rings (SSSR count). The zero-order valence-corrected chi connectivity index (χ0v) is 18.5. The second-order valence-electron chi connectivity index (χ2n) is 8.01. The lowest BCUT2D eigenvalue weighted by Gasteiger charge is -2.30. The summed E-state index contributed by atoms with van der Waals surface area (Å²) in [4.78, 5) is 28.4. The molecule has 2 fully saturated rings. The fraction of sp³-hybridized carbons (Fsp3) is 0.571. The van der Waals surface area contributed by atoms with E-state index in [9.17, 15) is 4.79 Å². The van der Waals surface area contributed by atoms with Crippen molar-refractivity contribution in [2.24, 2.45) is 0 Å². The number of hydrogen-bond acceptors (Lipinski definition) is 9. The molecule has 0 aromatic carbocycles. The molecule has 0 aliphatic carbocycles. The molecule has 2 saturated heterocycles. The molecule has 2 aromatic rings. The largest absolute Gasteiger partial charge is 0.381 e. The summed E-state index contributed by atoms with van der Waals surface area (Å²) >= 11 is 1.38. The minimum absolute atomic E-state index is 0.141. The standard InChI is InChI=1S/C21H27N7O2S/c1-14-11-18(26-19(23-14)15-3-2-7-28(12-15)8-6-22)27-21-25-17(13-31-21)20(29)24-16-4-9-30-10-5-16/h11,13,15-16H,2-5,7-10,12H2,1H3,(H,24,29)(H,23,25,26,27). The Kier molecular flexibility index (Phi) is 7.06. The van der Waals surface area contributed by atoms with Crippen molar-refractivity contribution in [3.05, 3.63) is 28.7 Å². The van der Waals surface area contributed by atoms with Crippen molar-refractivity contribution in [2.45, 2.75) is 44.6 Å².